The minimum Gasteiger partial charge on any atom is -0.496 e. The maximum Gasteiger partial charge on any atom is 0.161 e. The summed E-state index contributed by atoms with van der Waals surface area (Å²) in [5.41, 5.74) is 5.74. The van der Waals surface area contributed by atoms with Crippen molar-refractivity contribution in [3.05, 3.63) is 52.6 Å². The molecule has 0 amide bonds. The maximum atomic E-state index is 5.60. The summed E-state index contributed by atoms with van der Waals surface area (Å²) >= 11 is 0. The summed E-state index contributed by atoms with van der Waals surface area (Å²) in [5, 5.41) is 0. The lowest BCUT2D eigenvalue weighted by molar-refractivity contribution is 0.244. The molecule has 164 valence electrons. The lowest BCUT2D eigenvalue weighted by Crippen LogP contribution is -2.31. The first-order valence-electron chi connectivity index (χ1n) is 10.9. The molecule has 1 aliphatic heterocycles. The molecular formula is C25H34ClNO3. The van der Waals surface area contributed by atoms with Gasteiger partial charge in [-0.2, -0.15) is 0 Å². The molecule has 4 rings (SSSR count). The highest BCUT2D eigenvalue weighted by Gasteiger charge is 2.23. The zero-order chi connectivity index (χ0) is 20.2. The fraction of sp³-hybridized carbons (Fsp3) is 0.520. The van der Waals surface area contributed by atoms with Gasteiger partial charge >= 0.3 is 0 Å². The van der Waals surface area contributed by atoms with Crippen LogP contribution >= 0.6 is 12.4 Å². The van der Waals surface area contributed by atoms with Gasteiger partial charge < -0.3 is 14.2 Å². The van der Waals surface area contributed by atoms with Gasteiger partial charge in [0.15, 0.2) is 11.5 Å². The van der Waals surface area contributed by atoms with Crippen molar-refractivity contribution in [1.29, 1.82) is 0 Å². The van der Waals surface area contributed by atoms with E-state index in [1.54, 1.807) is 21.3 Å². The number of benzene rings is 2. The Balaban J connectivity index is 0.00000256. The summed E-state index contributed by atoms with van der Waals surface area (Å²) in [6.45, 7) is 3.28. The molecule has 1 aliphatic carbocycles. The van der Waals surface area contributed by atoms with Gasteiger partial charge in [0.2, 0.25) is 0 Å². The summed E-state index contributed by atoms with van der Waals surface area (Å²) in [7, 11) is 5.21. The second kappa shape index (κ2) is 10.4. The number of fused-ring (bicyclic) bond motifs is 2. The van der Waals surface area contributed by atoms with Crippen LogP contribution in [0.2, 0.25) is 0 Å². The lowest BCUT2D eigenvalue weighted by Gasteiger charge is -2.31. The molecule has 30 heavy (non-hydrogen) atoms. The van der Waals surface area contributed by atoms with E-state index in [1.807, 2.05) is 0 Å². The molecule has 1 heterocycles. The third-order valence-corrected chi connectivity index (χ3v) is 6.63. The summed E-state index contributed by atoms with van der Waals surface area (Å²) in [6, 6.07) is 10.9. The van der Waals surface area contributed by atoms with E-state index in [0.717, 1.165) is 49.7 Å². The number of rotatable bonds is 7. The molecule has 4 nitrogen and oxygen atoms in total. The van der Waals surface area contributed by atoms with E-state index in [9.17, 15) is 0 Å². The molecule has 0 fully saturated rings. The van der Waals surface area contributed by atoms with E-state index in [1.165, 1.54) is 47.9 Å². The smallest absolute Gasteiger partial charge is 0.161 e. The van der Waals surface area contributed by atoms with Gasteiger partial charge in [0.1, 0.15) is 5.75 Å². The first-order chi connectivity index (χ1) is 14.2. The number of ether oxygens (including phenoxy) is 3. The van der Waals surface area contributed by atoms with E-state index in [2.05, 4.69) is 35.2 Å². The van der Waals surface area contributed by atoms with Crippen LogP contribution in [0.3, 0.4) is 0 Å². The normalized spacial score (nSPS) is 18.0. The van der Waals surface area contributed by atoms with Crippen LogP contribution in [0.25, 0.3) is 0 Å². The molecule has 0 bridgehead atoms. The molecule has 0 spiro atoms. The largest absolute Gasteiger partial charge is 0.496 e. The molecule has 1 unspecified atom stereocenters. The Bertz CT molecular complexity index is 855. The van der Waals surface area contributed by atoms with Crippen molar-refractivity contribution in [3.8, 4) is 17.2 Å². The zero-order valence-electron chi connectivity index (χ0n) is 18.4. The molecule has 0 radical (unpaired) electrons. The summed E-state index contributed by atoms with van der Waals surface area (Å²) in [5.74, 6) is 3.42. The predicted octanol–water partition coefficient (Wildman–Crippen LogP) is 5.39. The lowest BCUT2D eigenvalue weighted by atomic mass is 9.80. The first-order valence-corrected chi connectivity index (χ1v) is 10.9. The summed E-state index contributed by atoms with van der Waals surface area (Å²) < 4.78 is 16.6. The molecule has 5 heteroatoms. The number of hydrogen-bond acceptors (Lipinski definition) is 4. The Morgan fingerprint density at radius 1 is 0.933 bits per heavy atom. The highest BCUT2D eigenvalue weighted by atomic mass is 35.5. The van der Waals surface area contributed by atoms with Gasteiger partial charge in [-0.15, -0.1) is 12.4 Å². The Morgan fingerprint density at radius 3 is 2.40 bits per heavy atom. The van der Waals surface area contributed by atoms with Crippen molar-refractivity contribution in [3.63, 3.8) is 0 Å². The standard InChI is InChI=1S/C25H33NO3.ClH/c1-27-23-11-5-9-21-18(7-4-10-22(21)23)8-6-13-26-14-12-19-15-24(28-2)25(29-3)16-20(19)17-26;/h5,9,11,15-16,18H,4,6-8,10,12-14,17H2,1-3H3;1H. The minimum atomic E-state index is 0. The average molecular weight is 432 g/mol. The van der Waals surface area contributed by atoms with Crippen LogP contribution in [0.4, 0.5) is 0 Å². The Labute approximate surface area is 186 Å². The summed E-state index contributed by atoms with van der Waals surface area (Å²) in [6.07, 6.45) is 7.32. The number of methoxy groups -OCH3 is 3. The molecule has 2 aromatic rings. The summed E-state index contributed by atoms with van der Waals surface area (Å²) in [4.78, 5) is 2.59. The van der Waals surface area contributed by atoms with Gasteiger partial charge in [-0.3, -0.25) is 4.90 Å². The van der Waals surface area contributed by atoms with Crippen LogP contribution in [0, 0.1) is 0 Å². The highest BCUT2D eigenvalue weighted by Crippen LogP contribution is 2.39. The predicted molar refractivity (Wildman–Crippen MR) is 124 cm³/mol. The van der Waals surface area contributed by atoms with E-state index in [-0.39, 0.29) is 12.4 Å². The molecule has 1 atom stereocenters. The first kappa shape index (κ1) is 22.8. The van der Waals surface area contributed by atoms with Crippen LogP contribution in [0.15, 0.2) is 30.3 Å². The zero-order valence-corrected chi connectivity index (χ0v) is 19.2. The van der Waals surface area contributed by atoms with Crippen molar-refractivity contribution in [1.82, 2.24) is 4.90 Å². The molecule has 2 aliphatic rings. The van der Waals surface area contributed by atoms with E-state index in [0.29, 0.717) is 5.92 Å². The quantitative estimate of drug-likeness (QED) is 0.587. The molecular weight excluding hydrogens is 398 g/mol. The van der Waals surface area contributed by atoms with Crippen LogP contribution in [-0.4, -0.2) is 39.3 Å². The third kappa shape index (κ3) is 4.70. The van der Waals surface area contributed by atoms with Gasteiger partial charge in [0.05, 0.1) is 21.3 Å². The topological polar surface area (TPSA) is 30.9 Å². The van der Waals surface area contributed by atoms with Crippen molar-refractivity contribution in [2.45, 2.75) is 51.0 Å². The van der Waals surface area contributed by atoms with Crippen LogP contribution in [-0.2, 0) is 19.4 Å². The number of nitrogens with zero attached hydrogens (tertiary/aromatic N) is 1. The Kier molecular flexibility index (Phi) is 7.90. The minimum absolute atomic E-state index is 0. The van der Waals surface area contributed by atoms with Crippen LogP contribution < -0.4 is 14.2 Å². The van der Waals surface area contributed by atoms with Crippen molar-refractivity contribution in [2.24, 2.45) is 0 Å². The van der Waals surface area contributed by atoms with Gasteiger partial charge in [-0.05, 0) is 91.4 Å². The fourth-order valence-electron chi connectivity index (χ4n) is 5.10. The second-order valence-corrected chi connectivity index (χ2v) is 8.26. The Hall–Kier alpha value is -1.91. The van der Waals surface area contributed by atoms with Gasteiger partial charge in [0.25, 0.3) is 0 Å². The number of halogens is 1. The SMILES string of the molecule is COc1cc2c(cc1OC)CN(CCCC1CCCc3c(OC)cccc31)CC2.Cl. The van der Waals surface area contributed by atoms with Crippen molar-refractivity contribution < 1.29 is 14.2 Å². The van der Waals surface area contributed by atoms with Gasteiger partial charge in [0, 0.05) is 13.1 Å². The highest BCUT2D eigenvalue weighted by molar-refractivity contribution is 5.85. The molecule has 0 saturated carbocycles. The van der Waals surface area contributed by atoms with Gasteiger partial charge in [-0.1, -0.05) is 12.1 Å². The third-order valence-electron chi connectivity index (χ3n) is 6.63. The van der Waals surface area contributed by atoms with E-state index >= 15 is 0 Å². The molecule has 2 aromatic carbocycles. The molecule has 0 saturated heterocycles. The van der Waals surface area contributed by atoms with Crippen molar-refractivity contribution >= 4 is 12.4 Å². The molecule has 0 aromatic heterocycles. The van der Waals surface area contributed by atoms with Crippen molar-refractivity contribution in [2.75, 3.05) is 34.4 Å². The number of hydrogen-bond donors (Lipinski definition) is 0. The van der Waals surface area contributed by atoms with Crippen LogP contribution in [0.5, 0.6) is 17.2 Å². The maximum absolute atomic E-state index is 5.60. The van der Waals surface area contributed by atoms with E-state index < -0.39 is 0 Å². The Morgan fingerprint density at radius 2 is 1.67 bits per heavy atom. The monoisotopic (exact) mass is 431 g/mol. The second-order valence-electron chi connectivity index (χ2n) is 8.26. The average Bonchev–Trinajstić information content (AvgIpc) is 2.77. The fourth-order valence-corrected chi connectivity index (χ4v) is 5.10. The van der Waals surface area contributed by atoms with Gasteiger partial charge in [-0.25, -0.2) is 0 Å². The van der Waals surface area contributed by atoms with E-state index in [4.69, 9.17) is 14.2 Å². The van der Waals surface area contributed by atoms with Crippen LogP contribution in [0.1, 0.15) is 53.9 Å². The molecule has 0 N–H and O–H groups in total.